The van der Waals surface area contributed by atoms with Crippen LogP contribution >= 0.6 is 0 Å². The van der Waals surface area contributed by atoms with Crippen LogP contribution in [0.3, 0.4) is 0 Å². The molecule has 4 rings (SSSR count). The van der Waals surface area contributed by atoms with Gasteiger partial charge < -0.3 is 30.1 Å². The zero-order chi connectivity index (χ0) is 62.0. The number of esters is 1. The van der Waals surface area contributed by atoms with Gasteiger partial charge in [0, 0.05) is 56.4 Å². The van der Waals surface area contributed by atoms with Gasteiger partial charge in [0.25, 0.3) is 11.8 Å². The van der Waals surface area contributed by atoms with Gasteiger partial charge in [-0.1, -0.05) is 88.5 Å². The van der Waals surface area contributed by atoms with Crippen LogP contribution in [0.15, 0.2) is 85.0 Å². The number of imide groups is 1. The van der Waals surface area contributed by atoms with Crippen LogP contribution < -0.4 is 5.32 Å². The summed E-state index contributed by atoms with van der Waals surface area (Å²) in [5, 5.41) is 32.0. The van der Waals surface area contributed by atoms with Crippen molar-refractivity contribution in [2.45, 2.75) is 147 Å². The third-order valence-corrected chi connectivity index (χ3v) is 11.4. The van der Waals surface area contributed by atoms with Crippen molar-refractivity contribution in [2.24, 2.45) is 11.8 Å². The lowest BCUT2D eigenvalue weighted by molar-refractivity contribution is -0.148. The number of likely N-dealkylation sites (tertiary alicyclic amines) is 1. The smallest absolute Gasteiger partial charge is 0.409 e. The number of carbonyl (C=O) groups excluding carboxylic acids is 4. The van der Waals surface area contributed by atoms with Crippen LogP contribution in [0.1, 0.15) is 113 Å². The van der Waals surface area contributed by atoms with Crippen molar-refractivity contribution in [3.05, 3.63) is 96.2 Å². The lowest BCUT2D eigenvalue weighted by Gasteiger charge is -2.45. The molecular formula is C54H70F15N3O9. The normalized spacial score (nSPS) is 19.5. The van der Waals surface area contributed by atoms with Gasteiger partial charge in [0.15, 0.2) is 0 Å². The van der Waals surface area contributed by atoms with E-state index in [0.717, 1.165) is 61.3 Å². The minimum absolute atomic E-state index is 0.0154. The largest absolute Gasteiger partial charge is 0.465 e. The SMILES string of the molecule is CC#CCOCC/C=C\C(F)(F)F.CCC(=O)N[C@H]1CN(CC/C=C\C(F)(F)F)[C@H](CO)[C@@H](O)[C@@H]1O.CC[C@H](C)/C=C\C(F)(F)F.O=C(OCC/C=C\C(F)(F)F)C1CCCC1.O=C1c2ccccc2C(=O)N1CC/C=C\C(F)(F)F. The summed E-state index contributed by atoms with van der Waals surface area (Å²) in [5.74, 6) is 3.74. The van der Waals surface area contributed by atoms with Gasteiger partial charge >= 0.3 is 36.9 Å². The number of halogens is 15. The highest BCUT2D eigenvalue weighted by atomic mass is 19.4. The Kier molecular flexibility index (Phi) is 35.5. The lowest BCUT2D eigenvalue weighted by Crippen LogP contribution is -2.66. The van der Waals surface area contributed by atoms with E-state index >= 15 is 0 Å². The fourth-order valence-corrected chi connectivity index (χ4v) is 7.12. The number of aliphatic hydroxyl groups excluding tert-OH is 3. The van der Waals surface area contributed by atoms with Crippen LogP contribution in [0.2, 0.25) is 0 Å². The third-order valence-electron chi connectivity index (χ3n) is 11.4. The molecule has 1 aromatic carbocycles. The van der Waals surface area contributed by atoms with Gasteiger partial charge in [-0.15, -0.1) is 5.92 Å². The van der Waals surface area contributed by atoms with Crippen LogP contribution in [0.25, 0.3) is 0 Å². The quantitative estimate of drug-likeness (QED) is 0.0262. The summed E-state index contributed by atoms with van der Waals surface area (Å²) in [6, 6.07) is 4.79. The molecule has 1 saturated carbocycles. The predicted octanol–water partition coefficient (Wildman–Crippen LogP) is 11.5. The van der Waals surface area contributed by atoms with Gasteiger partial charge in [0.05, 0.1) is 55.1 Å². The average Bonchev–Trinajstić information content (AvgIpc) is 4.00. The van der Waals surface area contributed by atoms with E-state index in [2.05, 4.69) is 17.2 Å². The number of alkyl halides is 15. The summed E-state index contributed by atoms with van der Waals surface area (Å²) in [6.45, 7) is 7.26. The number of benzene rings is 1. The number of piperidine rings is 1. The van der Waals surface area contributed by atoms with Gasteiger partial charge in [-0.25, -0.2) is 0 Å². The summed E-state index contributed by atoms with van der Waals surface area (Å²) >= 11 is 0. The number of aliphatic hydroxyl groups is 3. The Balaban J connectivity index is 0.00000101. The van der Waals surface area contributed by atoms with Gasteiger partial charge in [-0.3, -0.25) is 29.0 Å². The standard InChI is InChI=1S/C14H23F3N2O4.C13H10F3NO2.C11H15F3O2.C9H11F3O.C7H11F3/c1-2-11(21)18-9-7-19(6-4-3-5-14(15,16)17)10(8-20)13(23)12(9)22;14-13(15,16)7-3-4-8-17-11(18)9-5-1-2-6-10(9)12(17)19;12-11(13,14)7-3-4-8-16-10(15)9-5-1-2-6-9;1-2-3-7-13-8-5-4-6-9(10,11)12;1-3-6(2)4-5-7(8,9)10/h3,5,9-10,12-13,20,22-23H,2,4,6-8H2,1H3,(H,18,21);1-3,5-7H,4,8H2;3,7,9H,1-2,4-6,8H2;4,6H,5,7-8H2,1H3;4-6H,3H2,1-2H3/b5-3-;2*7-3-;6-4-;5-4-/t9-,10+,12+,13+;;;;6-/m0...0/s1. The molecule has 1 aromatic rings. The van der Waals surface area contributed by atoms with Gasteiger partial charge in [-0.2, -0.15) is 65.9 Å². The number of hydrogen-bond donors (Lipinski definition) is 4. The van der Waals surface area contributed by atoms with Crippen molar-refractivity contribution < 1.29 is 110 Å². The molecule has 0 aromatic heterocycles. The number of hydrogen-bond acceptors (Lipinski definition) is 10. The number of carbonyl (C=O) groups is 4. The number of amides is 3. The van der Waals surface area contributed by atoms with E-state index < -0.39 is 73.6 Å². The molecule has 0 unspecified atom stereocenters. The first-order valence-corrected chi connectivity index (χ1v) is 25.4. The summed E-state index contributed by atoms with van der Waals surface area (Å²) in [6.07, 6.45) is -12.9. The topological polar surface area (TPSA) is 166 Å². The average molecular weight is 1190 g/mol. The molecule has 1 saturated heterocycles. The maximum atomic E-state index is 12.1. The molecule has 0 bridgehead atoms. The Labute approximate surface area is 460 Å². The van der Waals surface area contributed by atoms with Crippen molar-refractivity contribution in [2.75, 3.05) is 46.1 Å². The van der Waals surface area contributed by atoms with Crippen molar-refractivity contribution in [3.8, 4) is 11.8 Å². The molecule has 0 spiro atoms. The van der Waals surface area contributed by atoms with Crippen LogP contribution in [0, 0.1) is 23.7 Å². The zero-order valence-electron chi connectivity index (χ0n) is 44.9. The van der Waals surface area contributed by atoms with E-state index in [0.29, 0.717) is 17.2 Å². The Morgan fingerprint density at radius 2 is 1.16 bits per heavy atom. The molecule has 5 atom stereocenters. The maximum absolute atomic E-state index is 12.1. The van der Waals surface area contributed by atoms with Gasteiger partial charge in [-0.05, 0) is 63.5 Å². The number of rotatable bonds is 19. The molecule has 1 aliphatic carbocycles. The molecule has 2 aliphatic heterocycles. The van der Waals surface area contributed by atoms with E-state index in [-0.39, 0.29) is 120 Å². The van der Waals surface area contributed by atoms with Crippen LogP contribution in [0.4, 0.5) is 65.9 Å². The van der Waals surface area contributed by atoms with Gasteiger partial charge in [0.2, 0.25) is 5.91 Å². The maximum Gasteiger partial charge on any atom is 0.409 e. The van der Waals surface area contributed by atoms with Crippen molar-refractivity contribution in [3.63, 3.8) is 0 Å². The van der Waals surface area contributed by atoms with E-state index in [9.17, 15) is 100 Å². The first-order chi connectivity index (χ1) is 37.6. The molecule has 81 heavy (non-hydrogen) atoms. The number of fused-ring (bicyclic) bond motifs is 1. The minimum atomic E-state index is -4.38. The predicted molar refractivity (Wildman–Crippen MR) is 270 cm³/mol. The molecule has 27 heteroatoms. The fraction of sp³-hybridized carbons (Fsp3) is 0.593. The van der Waals surface area contributed by atoms with E-state index in [4.69, 9.17) is 9.47 Å². The van der Waals surface area contributed by atoms with Crippen LogP contribution in [-0.2, 0) is 19.1 Å². The molecule has 3 amide bonds. The summed E-state index contributed by atoms with van der Waals surface area (Å²) < 4.78 is 186. The Bertz CT molecular complexity index is 2190. The molecule has 460 valence electrons. The first-order valence-electron chi connectivity index (χ1n) is 25.4. The highest BCUT2D eigenvalue weighted by Gasteiger charge is 2.42. The highest BCUT2D eigenvalue weighted by Crippen LogP contribution is 2.27. The van der Waals surface area contributed by atoms with Crippen molar-refractivity contribution in [1.82, 2.24) is 15.1 Å². The second kappa shape index (κ2) is 38.2. The van der Waals surface area contributed by atoms with E-state index in [1.807, 2.05) is 6.92 Å². The third kappa shape index (κ3) is 36.4. The van der Waals surface area contributed by atoms with Crippen molar-refractivity contribution in [1.29, 1.82) is 0 Å². The molecule has 4 N–H and O–H groups in total. The molecule has 0 radical (unpaired) electrons. The second-order valence-electron chi connectivity index (χ2n) is 17.9. The lowest BCUT2D eigenvalue weighted by atomic mass is 9.92. The number of nitrogens with one attached hydrogen (secondary N) is 1. The first kappa shape index (κ1) is 75.3. The highest BCUT2D eigenvalue weighted by molar-refractivity contribution is 6.21. The zero-order valence-corrected chi connectivity index (χ0v) is 44.9. The molecule has 3 aliphatic rings. The molecule has 2 fully saturated rings. The summed E-state index contributed by atoms with van der Waals surface area (Å²) in [4.78, 5) is 49.0. The van der Waals surface area contributed by atoms with Crippen molar-refractivity contribution >= 4 is 23.7 Å². The number of nitrogens with zero attached hydrogens (tertiary/aromatic N) is 2. The Hall–Kier alpha value is -5.69. The minimum Gasteiger partial charge on any atom is -0.465 e. The summed E-state index contributed by atoms with van der Waals surface area (Å²) in [5.41, 5.74) is 0.597. The fourth-order valence-electron chi connectivity index (χ4n) is 7.12. The van der Waals surface area contributed by atoms with Gasteiger partial charge in [0.1, 0.15) is 12.7 Å². The monoisotopic (exact) mass is 1190 g/mol. The Morgan fingerprint density at radius 1 is 0.704 bits per heavy atom. The number of ether oxygens (including phenoxy) is 2. The second-order valence-corrected chi connectivity index (χ2v) is 17.9. The van der Waals surface area contributed by atoms with Crippen LogP contribution in [-0.4, -0.2) is 150 Å². The van der Waals surface area contributed by atoms with E-state index in [1.165, 1.54) is 18.2 Å². The number of allylic oxidation sites excluding steroid dienone is 6. The van der Waals surface area contributed by atoms with Crippen LogP contribution in [0.5, 0.6) is 0 Å². The van der Waals surface area contributed by atoms with E-state index in [1.54, 1.807) is 37.8 Å². The molecule has 2 heterocycles. The molecule has 12 nitrogen and oxygen atoms in total. The summed E-state index contributed by atoms with van der Waals surface area (Å²) in [7, 11) is 0. The Morgan fingerprint density at radius 3 is 1.59 bits per heavy atom. The molecular weight excluding hydrogens is 1120 g/mol.